The standard InChI is InChI=1S/C12H18N4O2/c1-12(3-4-12)10(17)16-5-2-8(7-16)6-9-13-11(18)15-14-9/h8H,2-7H2,1H3,(H2,13,14,15,18)/t8-/m0/s1. The van der Waals surface area contributed by atoms with E-state index in [4.69, 9.17) is 0 Å². The van der Waals surface area contributed by atoms with Crippen LogP contribution in [0.4, 0.5) is 0 Å². The summed E-state index contributed by atoms with van der Waals surface area (Å²) in [4.78, 5) is 27.8. The van der Waals surface area contributed by atoms with Gasteiger partial charge in [0.25, 0.3) is 0 Å². The molecule has 1 aliphatic heterocycles. The van der Waals surface area contributed by atoms with Crippen molar-refractivity contribution < 1.29 is 4.79 Å². The Bertz CT molecular complexity index is 514. The number of carbonyl (C=O) groups is 1. The van der Waals surface area contributed by atoms with Gasteiger partial charge in [0.1, 0.15) is 5.82 Å². The number of amides is 1. The lowest BCUT2D eigenvalue weighted by Gasteiger charge is -2.20. The van der Waals surface area contributed by atoms with Crippen molar-refractivity contribution in [3.8, 4) is 0 Å². The van der Waals surface area contributed by atoms with Crippen LogP contribution in [0.25, 0.3) is 0 Å². The van der Waals surface area contributed by atoms with Crippen molar-refractivity contribution in [2.75, 3.05) is 13.1 Å². The molecule has 6 heteroatoms. The van der Waals surface area contributed by atoms with Crippen LogP contribution < -0.4 is 5.69 Å². The van der Waals surface area contributed by atoms with Gasteiger partial charge in [0.15, 0.2) is 0 Å². The minimum Gasteiger partial charge on any atom is -0.342 e. The molecule has 18 heavy (non-hydrogen) atoms. The van der Waals surface area contributed by atoms with Crippen molar-refractivity contribution in [2.24, 2.45) is 11.3 Å². The summed E-state index contributed by atoms with van der Waals surface area (Å²) < 4.78 is 0. The van der Waals surface area contributed by atoms with Gasteiger partial charge < -0.3 is 4.90 Å². The van der Waals surface area contributed by atoms with E-state index in [1.807, 2.05) is 11.8 Å². The molecule has 2 N–H and O–H groups in total. The van der Waals surface area contributed by atoms with Gasteiger partial charge in [-0.15, -0.1) is 0 Å². The molecular formula is C12H18N4O2. The molecule has 2 heterocycles. The van der Waals surface area contributed by atoms with E-state index in [1.54, 1.807) is 0 Å². The maximum absolute atomic E-state index is 12.2. The van der Waals surface area contributed by atoms with Crippen LogP contribution >= 0.6 is 0 Å². The van der Waals surface area contributed by atoms with E-state index < -0.39 is 0 Å². The van der Waals surface area contributed by atoms with Crippen molar-refractivity contribution in [1.29, 1.82) is 0 Å². The molecule has 0 radical (unpaired) electrons. The van der Waals surface area contributed by atoms with Gasteiger partial charge in [0.05, 0.1) is 0 Å². The van der Waals surface area contributed by atoms with E-state index in [2.05, 4.69) is 15.2 Å². The number of nitrogens with one attached hydrogen (secondary N) is 2. The fraction of sp³-hybridized carbons (Fsp3) is 0.750. The van der Waals surface area contributed by atoms with Gasteiger partial charge in [-0.25, -0.2) is 9.89 Å². The highest BCUT2D eigenvalue weighted by Crippen LogP contribution is 2.47. The second-order valence-corrected chi connectivity index (χ2v) is 5.80. The lowest BCUT2D eigenvalue weighted by molar-refractivity contribution is -0.135. The van der Waals surface area contributed by atoms with Crippen LogP contribution in [0.5, 0.6) is 0 Å². The highest BCUT2D eigenvalue weighted by molar-refractivity contribution is 5.85. The maximum Gasteiger partial charge on any atom is 0.340 e. The first-order valence-corrected chi connectivity index (χ1v) is 6.50. The Balaban J connectivity index is 1.58. The topological polar surface area (TPSA) is 81.8 Å². The number of aromatic nitrogens is 3. The van der Waals surface area contributed by atoms with Gasteiger partial charge in [-0.05, 0) is 25.2 Å². The molecule has 98 valence electrons. The summed E-state index contributed by atoms with van der Waals surface area (Å²) in [5, 5.41) is 6.28. The van der Waals surface area contributed by atoms with Crippen LogP contribution in [0.3, 0.4) is 0 Å². The van der Waals surface area contributed by atoms with E-state index in [-0.39, 0.29) is 11.1 Å². The molecule has 0 unspecified atom stereocenters. The van der Waals surface area contributed by atoms with Crippen LogP contribution in [0, 0.1) is 11.3 Å². The molecule has 2 fully saturated rings. The van der Waals surface area contributed by atoms with Crippen LogP contribution in [-0.2, 0) is 11.2 Å². The first kappa shape index (κ1) is 11.5. The quantitative estimate of drug-likeness (QED) is 0.809. The molecule has 1 saturated heterocycles. The number of rotatable bonds is 3. The molecule has 3 rings (SSSR count). The van der Waals surface area contributed by atoms with E-state index in [0.29, 0.717) is 17.6 Å². The first-order valence-electron chi connectivity index (χ1n) is 6.50. The maximum atomic E-state index is 12.2. The molecule has 1 aromatic heterocycles. The zero-order chi connectivity index (χ0) is 12.8. The Morgan fingerprint density at radius 1 is 1.56 bits per heavy atom. The molecular weight excluding hydrogens is 232 g/mol. The van der Waals surface area contributed by atoms with Crippen LogP contribution in [0.2, 0.25) is 0 Å². The SMILES string of the molecule is CC1(C(=O)N2CC[C@@H](Cc3n[nH]c(=O)[nH]3)C2)CC1. The van der Waals surface area contributed by atoms with Crippen LogP contribution in [-0.4, -0.2) is 39.1 Å². The Kier molecular flexibility index (Phi) is 2.53. The summed E-state index contributed by atoms with van der Waals surface area (Å²) in [7, 11) is 0. The summed E-state index contributed by atoms with van der Waals surface area (Å²) in [6.07, 6.45) is 3.79. The number of nitrogens with zero attached hydrogens (tertiary/aromatic N) is 2. The number of likely N-dealkylation sites (tertiary alicyclic amines) is 1. The average molecular weight is 250 g/mol. The molecule has 1 amide bonds. The summed E-state index contributed by atoms with van der Waals surface area (Å²) >= 11 is 0. The minimum atomic E-state index is -0.263. The summed E-state index contributed by atoms with van der Waals surface area (Å²) in [5.41, 5.74) is -0.336. The molecule has 6 nitrogen and oxygen atoms in total. The Labute approximate surface area is 105 Å². The van der Waals surface area contributed by atoms with Gasteiger partial charge in [-0.2, -0.15) is 5.10 Å². The Hall–Kier alpha value is -1.59. The van der Waals surface area contributed by atoms with E-state index in [1.165, 1.54) is 0 Å². The minimum absolute atomic E-state index is 0.0739. The van der Waals surface area contributed by atoms with Crippen molar-refractivity contribution in [3.05, 3.63) is 16.3 Å². The third-order valence-electron chi connectivity index (χ3n) is 4.12. The highest BCUT2D eigenvalue weighted by atomic mass is 16.2. The number of hydrogen-bond donors (Lipinski definition) is 2. The third-order valence-corrected chi connectivity index (χ3v) is 4.12. The van der Waals surface area contributed by atoms with Gasteiger partial charge in [0.2, 0.25) is 5.91 Å². The smallest absolute Gasteiger partial charge is 0.340 e. The van der Waals surface area contributed by atoms with Crippen LogP contribution in [0.1, 0.15) is 32.0 Å². The van der Waals surface area contributed by atoms with E-state index >= 15 is 0 Å². The van der Waals surface area contributed by atoms with E-state index in [0.717, 1.165) is 38.8 Å². The largest absolute Gasteiger partial charge is 0.342 e. The predicted molar refractivity (Wildman–Crippen MR) is 64.9 cm³/mol. The Morgan fingerprint density at radius 3 is 2.94 bits per heavy atom. The number of H-pyrrole nitrogens is 2. The second-order valence-electron chi connectivity index (χ2n) is 5.80. The molecule has 1 aromatic rings. The van der Waals surface area contributed by atoms with Crippen molar-refractivity contribution in [3.63, 3.8) is 0 Å². The van der Waals surface area contributed by atoms with Gasteiger partial charge in [-0.3, -0.25) is 9.78 Å². The molecule has 1 atom stereocenters. The van der Waals surface area contributed by atoms with Crippen LogP contribution in [0.15, 0.2) is 4.79 Å². The summed E-state index contributed by atoms with van der Waals surface area (Å²) in [6.45, 7) is 3.69. The second kappa shape index (κ2) is 3.96. The third kappa shape index (κ3) is 2.07. The average Bonchev–Trinajstić information content (AvgIpc) is 2.77. The normalized spacial score (nSPS) is 25.4. The molecule has 1 saturated carbocycles. The fourth-order valence-corrected chi connectivity index (χ4v) is 2.64. The van der Waals surface area contributed by atoms with Gasteiger partial charge in [0, 0.05) is 24.9 Å². The van der Waals surface area contributed by atoms with Gasteiger partial charge >= 0.3 is 5.69 Å². The van der Waals surface area contributed by atoms with E-state index in [9.17, 15) is 9.59 Å². The van der Waals surface area contributed by atoms with Gasteiger partial charge in [-0.1, -0.05) is 6.92 Å². The number of aromatic amines is 2. The predicted octanol–water partition coefficient (Wildman–Crippen LogP) is 0.289. The van der Waals surface area contributed by atoms with Crippen molar-refractivity contribution in [2.45, 2.75) is 32.6 Å². The monoisotopic (exact) mass is 250 g/mol. The zero-order valence-corrected chi connectivity index (χ0v) is 10.5. The molecule has 0 spiro atoms. The molecule has 0 bridgehead atoms. The summed E-state index contributed by atoms with van der Waals surface area (Å²) in [6, 6.07) is 0. The fourth-order valence-electron chi connectivity index (χ4n) is 2.64. The Morgan fingerprint density at radius 2 is 2.33 bits per heavy atom. The number of hydrogen-bond acceptors (Lipinski definition) is 3. The first-order chi connectivity index (χ1) is 8.57. The molecule has 2 aliphatic rings. The zero-order valence-electron chi connectivity index (χ0n) is 10.5. The van der Waals surface area contributed by atoms with Crippen molar-refractivity contribution in [1.82, 2.24) is 20.1 Å². The highest BCUT2D eigenvalue weighted by Gasteiger charge is 2.48. The molecule has 1 aliphatic carbocycles. The van der Waals surface area contributed by atoms with Crippen molar-refractivity contribution >= 4 is 5.91 Å². The lowest BCUT2D eigenvalue weighted by atomic mass is 10.0. The number of carbonyl (C=O) groups excluding carboxylic acids is 1. The lowest BCUT2D eigenvalue weighted by Crippen LogP contribution is -2.34. The summed E-state index contributed by atoms with van der Waals surface area (Å²) in [5.74, 6) is 1.41. The molecule has 0 aromatic carbocycles.